The molecule has 4 rings (SSSR count). The molecule has 3 aromatic rings. The molecule has 0 radical (unpaired) electrons. The van der Waals surface area contributed by atoms with Crippen LogP contribution in [-0.2, 0) is 14.3 Å². The summed E-state index contributed by atoms with van der Waals surface area (Å²) in [7, 11) is 0. The van der Waals surface area contributed by atoms with Crippen molar-refractivity contribution in [2.45, 2.75) is 6.10 Å². The van der Waals surface area contributed by atoms with Crippen molar-refractivity contribution >= 4 is 22.8 Å². The number of aromatic nitrogens is 2. The Bertz CT molecular complexity index is 1190. The Labute approximate surface area is 191 Å². The molecule has 0 unspecified atom stereocenters. The highest BCUT2D eigenvalue weighted by Crippen LogP contribution is 2.29. The van der Waals surface area contributed by atoms with Crippen LogP contribution in [0, 0.1) is 17.5 Å². The van der Waals surface area contributed by atoms with E-state index in [4.69, 9.17) is 19.7 Å². The number of benzene rings is 2. The number of halogens is 3. The van der Waals surface area contributed by atoms with E-state index in [-0.39, 0.29) is 24.3 Å². The highest BCUT2D eigenvalue weighted by molar-refractivity contribution is 5.89. The predicted molar refractivity (Wildman–Crippen MR) is 113 cm³/mol. The van der Waals surface area contributed by atoms with Gasteiger partial charge < -0.3 is 25.0 Å². The normalized spacial score (nSPS) is 15.7. The van der Waals surface area contributed by atoms with E-state index in [2.05, 4.69) is 10.4 Å². The maximum Gasteiger partial charge on any atom is 0.328 e. The molecule has 0 amide bonds. The lowest BCUT2D eigenvalue weighted by Gasteiger charge is -2.23. The number of fused-ring (bicyclic) bond motifs is 1. The van der Waals surface area contributed by atoms with Gasteiger partial charge in [0.15, 0.2) is 0 Å². The van der Waals surface area contributed by atoms with E-state index in [1.165, 1.54) is 22.9 Å². The first-order chi connectivity index (χ1) is 16.2. The summed E-state index contributed by atoms with van der Waals surface area (Å²) in [6, 6.07) is 7.01. The molecule has 1 aliphatic heterocycles. The van der Waals surface area contributed by atoms with Gasteiger partial charge in [-0.2, -0.15) is 0 Å². The molecule has 1 aromatic heterocycles. The molecule has 12 heteroatoms. The van der Waals surface area contributed by atoms with Gasteiger partial charge in [-0.05, 0) is 30.3 Å². The summed E-state index contributed by atoms with van der Waals surface area (Å²) in [6.45, 7) is 2.19. The van der Waals surface area contributed by atoms with E-state index >= 15 is 0 Å². The van der Waals surface area contributed by atoms with E-state index in [0.29, 0.717) is 36.2 Å². The van der Waals surface area contributed by atoms with Crippen molar-refractivity contribution in [1.29, 1.82) is 0 Å². The van der Waals surface area contributed by atoms with Crippen LogP contribution in [0.25, 0.3) is 16.6 Å². The van der Waals surface area contributed by atoms with Gasteiger partial charge in [0, 0.05) is 31.3 Å². The van der Waals surface area contributed by atoms with Gasteiger partial charge in [-0.1, -0.05) is 0 Å². The van der Waals surface area contributed by atoms with Crippen molar-refractivity contribution in [2.24, 2.45) is 0 Å². The van der Waals surface area contributed by atoms with Crippen molar-refractivity contribution in [3.63, 3.8) is 0 Å². The fourth-order valence-electron chi connectivity index (χ4n) is 3.04. The second-order valence-electron chi connectivity index (χ2n) is 6.99. The third-order valence-corrected chi connectivity index (χ3v) is 4.52. The number of morpholine rings is 1. The largest absolute Gasteiger partial charge is 0.478 e. The predicted octanol–water partition coefficient (Wildman–Crippen LogP) is 2.52. The topological polar surface area (TPSA) is 123 Å². The van der Waals surface area contributed by atoms with E-state index in [0.717, 1.165) is 24.7 Å². The quantitative estimate of drug-likeness (QED) is 0.461. The van der Waals surface area contributed by atoms with Gasteiger partial charge in [0.25, 0.3) is 0 Å². The number of carbonyl (C=O) groups is 2. The molecule has 2 aromatic carbocycles. The highest BCUT2D eigenvalue weighted by Gasteiger charge is 2.19. The Morgan fingerprint density at radius 1 is 1.12 bits per heavy atom. The molecule has 0 saturated carbocycles. The average Bonchev–Trinajstić information content (AvgIpc) is 3.16. The maximum absolute atomic E-state index is 14.2. The number of nitrogens with zero attached hydrogens (tertiary/aromatic N) is 2. The summed E-state index contributed by atoms with van der Waals surface area (Å²) in [5.41, 5.74) is 0.334. The van der Waals surface area contributed by atoms with Crippen LogP contribution in [0.1, 0.15) is 0 Å². The van der Waals surface area contributed by atoms with Crippen LogP contribution >= 0.6 is 0 Å². The molecule has 180 valence electrons. The van der Waals surface area contributed by atoms with Crippen LogP contribution < -0.4 is 10.1 Å². The van der Waals surface area contributed by atoms with Gasteiger partial charge >= 0.3 is 11.9 Å². The standard InChI is InChI=1S/C18H16F3N3O2.C4H4O4/c19-11-2-4-16-14(7-11)18(26-10-13-9-22-5-6-25-13)23-24(16)17-8-12(20)1-3-15(17)21;5-3(6)1-2-4(7)8/h1-4,7-8,13,22H,5-6,9-10H2;1-2H,(H,5,6)(H,7,8)/t13-;/m0./s1. The fraction of sp³-hybridized carbons (Fsp3) is 0.227. The van der Waals surface area contributed by atoms with Crippen LogP contribution in [-0.4, -0.2) is 64.3 Å². The Balaban J connectivity index is 0.000000350. The summed E-state index contributed by atoms with van der Waals surface area (Å²) in [5.74, 6) is -4.10. The third-order valence-electron chi connectivity index (χ3n) is 4.52. The van der Waals surface area contributed by atoms with E-state index in [1.807, 2.05) is 0 Å². The number of hydrogen-bond acceptors (Lipinski definition) is 6. The molecule has 9 nitrogen and oxygen atoms in total. The van der Waals surface area contributed by atoms with Crippen LogP contribution in [0.15, 0.2) is 48.6 Å². The molecule has 1 saturated heterocycles. The molecule has 3 N–H and O–H groups in total. The lowest BCUT2D eigenvalue weighted by molar-refractivity contribution is -0.134. The number of aliphatic carboxylic acids is 2. The number of carboxylic acid groups (broad SMARTS) is 2. The molecular formula is C22H20F3N3O6. The zero-order valence-corrected chi connectivity index (χ0v) is 17.6. The second kappa shape index (κ2) is 11.3. The Morgan fingerprint density at radius 3 is 2.44 bits per heavy atom. The van der Waals surface area contributed by atoms with Crippen molar-refractivity contribution in [3.8, 4) is 11.6 Å². The minimum atomic E-state index is -1.26. The van der Waals surface area contributed by atoms with Crippen LogP contribution in [0.2, 0.25) is 0 Å². The summed E-state index contributed by atoms with van der Waals surface area (Å²) in [6.07, 6.45) is 0.952. The zero-order chi connectivity index (χ0) is 24.7. The van der Waals surface area contributed by atoms with Gasteiger partial charge in [-0.3, -0.25) is 0 Å². The summed E-state index contributed by atoms with van der Waals surface area (Å²) >= 11 is 0. The van der Waals surface area contributed by atoms with Gasteiger partial charge in [-0.25, -0.2) is 27.4 Å². The van der Waals surface area contributed by atoms with Crippen molar-refractivity contribution in [2.75, 3.05) is 26.3 Å². The molecule has 1 aliphatic rings. The number of ether oxygens (including phenoxy) is 2. The Kier molecular flexibility index (Phi) is 8.22. The Hall–Kier alpha value is -3.90. The second-order valence-corrected chi connectivity index (χ2v) is 6.99. The van der Waals surface area contributed by atoms with Gasteiger partial charge in [0.1, 0.15) is 35.8 Å². The van der Waals surface area contributed by atoms with E-state index < -0.39 is 29.4 Å². The number of hydrogen-bond donors (Lipinski definition) is 3. The van der Waals surface area contributed by atoms with Gasteiger partial charge in [0.2, 0.25) is 5.88 Å². The van der Waals surface area contributed by atoms with E-state index in [9.17, 15) is 22.8 Å². The molecule has 0 aliphatic carbocycles. The van der Waals surface area contributed by atoms with Crippen LogP contribution in [0.4, 0.5) is 13.2 Å². The zero-order valence-electron chi connectivity index (χ0n) is 17.6. The monoisotopic (exact) mass is 479 g/mol. The maximum atomic E-state index is 14.2. The molecular weight excluding hydrogens is 459 g/mol. The first-order valence-electron chi connectivity index (χ1n) is 9.97. The van der Waals surface area contributed by atoms with Crippen molar-refractivity contribution in [1.82, 2.24) is 15.1 Å². The highest BCUT2D eigenvalue weighted by atomic mass is 19.1. The lowest BCUT2D eigenvalue weighted by Crippen LogP contribution is -2.41. The average molecular weight is 479 g/mol. The SMILES string of the molecule is Fc1ccc(F)c(-n2nc(OC[C@@H]3CNCCO3)c3cc(F)ccc32)c1.O=C(O)C=CC(=O)O. The molecule has 2 heterocycles. The molecule has 1 fully saturated rings. The molecule has 34 heavy (non-hydrogen) atoms. The number of carboxylic acids is 2. The molecule has 0 bridgehead atoms. The summed E-state index contributed by atoms with van der Waals surface area (Å²) < 4.78 is 53.9. The van der Waals surface area contributed by atoms with Crippen LogP contribution in [0.5, 0.6) is 5.88 Å². The third kappa shape index (κ3) is 6.56. The summed E-state index contributed by atoms with van der Waals surface area (Å²) in [4.78, 5) is 19.1. The molecule has 0 spiro atoms. The number of nitrogens with one attached hydrogen (secondary N) is 1. The minimum Gasteiger partial charge on any atom is -0.478 e. The van der Waals surface area contributed by atoms with Gasteiger partial charge in [0.05, 0.1) is 17.5 Å². The summed E-state index contributed by atoms with van der Waals surface area (Å²) in [5, 5.41) is 23.4. The van der Waals surface area contributed by atoms with Crippen LogP contribution in [0.3, 0.4) is 0 Å². The smallest absolute Gasteiger partial charge is 0.328 e. The Morgan fingerprint density at radius 2 is 1.79 bits per heavy atom. The van der Waals surface area contributed by atoms with E-state index in [1.54, 1.807) is 0 Å². The van der Waals surface area contributed by atoms with Gasteiger partial charge in [-0.15, -0.1) is 5.10 Å². The molecule has 1 atom stereocenters. The number of rotatable bonds is 6. The van der Waals surface area contributed by atoms with Crippen molar-refractivity contribution in [3.05, 3.63) is 66.0 Å². The minimum absolute atomic E-state index is 0.0768. The first kappa shape index (κ1) is 24.7. The lowest BCUT2D eigenvalue weighted by atomic mass is 10.2. The van der Waals surface area contributed by atoms with Crippen molar-refractivity contribution < 1.29 is 42.4 Å². The first-order valence-corrected chi connectivity index (χ1v) is 9.97. The fourth-order valence-corrected chi connectivity index (χ4v) is 3.04.